The highest BCUT2D eigenvalue weighted by atomic mass is 16.5. The molecule has 0 heterocycles. The van der Waals surface area contributed by atoms with E-state index in [1.165, 1.54) is 0 Å². The van der Waals surface area contributed by atoms with Crippen molar-refractivity contribution in [2.75, 3.05) is 40.5 Å². The van der Waals surface area contributed by atoms with Gasteiger partial charge in [-0.2, -0.15) is 0 Å². The lowest BCUT2D eigenvalue weighted by Gasteiger charge is -2.29. The molecule has 0 spiro atoms. The molecule has 142 valence electrons. The minimum atomic E-state index is 0.111. The Hall–Kier alpha value is -2.40. The lowest BCUT2D eigenvalue weighted by atomic mass is 10.2. The first-order valence-electron chi connectivity index (χ1n) is 8.99. The van der Waals surface area contributed by atoms with E-state index < -0.39 is 0 Å². The number of nitrogens with zero attached hydrogens (tertiary/aromatic N) is 1. The predicted octanol–water partition coefficient (Wildman–Crippen LogP) is 3.87. The van der Waals surface area contributed by atoms with E-state index in [-0.39, 0.29) is 6.04 Å². The van der Waals surface area contributed by atoms with Gasteiger partial charge in [0.15, 0.2) is 23.0 Å². The quantitative estimate of drug-likeness (QED) is 0.609. The zero-order chi connectivity index (χ0) is 18.8. The highest BCUT2D eigenvalue weighted by molar-refractivity contribution is 5.40. The molecule has 2 aromatic carbocycles. The Bertz CT molecular complexity index is 606. The number of ether oxygens (including phenoxy) is 4. The second-order valence-electron chi connectivity index (χ2n) is 5.80. The van der Waals surface area contributed by atoms with E-state index in [0.717, 1.165) is 36.1 Å². The van der Waals surface area contributed by atoms with E-state index in [1.807, 2.05) is 48.5 Å². The summed E-state index contributed by atoms with van der Waals surface area (Å²) in [7, 11) is 3.30. The summed E-state index contributed by atoms with van der Waals surface area (Å²) in [6, 6.07) is 15.5. The zero-order valence-corrected chi connectivity index (χ0v) is 16.1. The van der Waals surface area contributed by atoms with Crippen LogP contribution >= 0.6 is 0 Å². The van der Waals surface area contributed by atoms with E-state index in [9.17, 15) is 0 Å². The molecular weight excluding hydrogens is 330 g/mol. The van der Waals surface area contributed by atoms with Crippen LogP contribution in [0.25, 0.3) is 0 Å². The number of hydrogen-bond acceptors (Lipinski definition) is 5. The minimum Gasteiger partial charge on any atom is -0.493 e. The molecule has 0 saturated heterocycles. The highest BCUT2D eigenvalue weighted by Gasteiger charge is 2.19. The third-order valence-corrected chi connectivity index (χ3v) is 4.33. The van der Waals surface area contributed by atoms with Gasteiger partial charge in [0, 0.05) is 0 Å². The van der Waals surface area contributed by atoms with E-state index in [0.29, 0.717) is 13.2 Å². The smallest absolute Gasteiger partial charge is 0.161 e. The van der Waals surface area contributed by atoms with Crippen molar-refractivity contribution in [1.82, 2.24) is 4.90 Å². The van der Waals surface area contributed by atoms with Crippen LogP contribution in [-0.2, 0) is 0 Å². The van der Waals surface area contributed by atoms with Gasteiger partial charge >= 0.3 is 0 Å². The van der Waals surface area contributed by atoms with Crippen LogP contribution in [0.15, 0.2) is 48.5 Å². The molecule has 0 atom stereocenters. The van der Waals surface area contributed by atoms with Crippen molar-refractivity contribution >= 4 is 0 Å². The van der Waals surface area contributed by atoms with Crippen molar-refractivity contribution in [3.8, 4) is 23.0 Å². The molecule has 0 N–H and O–H groups in total. The van der Waals surface area contributed by atoms with Crippen molar-refractivity contribution in [2.24, 2.45) is 0 Å². The zero-order valence-electron chi connectivity index (χ0n) is 16.1. The van der Waals surface area contributed by atoms with Crippen LogP contribution in [0.3, 0.4) is 0 Å². The summed E-state index contributed by atoms with van der Waals surface area (Å²) >= 11 is 0. The first kappa shape index (κ1) is 19.9. The number of hydrogen-bond donors (Lipinski definition) is 0. The summed E-state index contributed by atoms with van der Waals surface area (Å²) < 4.78 is 22.8. The Morgan fingerprint density at radius 2 is 1.08 bits per heavy atom. The van der Waals surface area contributed by atoms with Gasteiger partial charge in [0.1, 0.15) is 13.2 Å². The first-order chi connectivity index (χ1) is 12.7. The maximum atomic E-state index is 6.04. The number of methoxy groups -OCH3 is 2. The van der Waals surface area contributed by atoms with E-state index in [4.69, 9.17) is 18.9 Å². The Balaban J connectivity index is 2.06. The molecule has 0 amide bonds. The summed E-state index contributed by atoms with van der Waals surface area (Å²) in [4.78, 5) is 2.32. The lowest BCUT2D eigenvalue weighted by Crippen LogP contribution is -2.43. The highest BCUT2D eigenvalue weighted by Crippen LogP contribution is 2.27. The number of likely N-dealkylation sites (N-methyl/N-ethyl adjacent to an activating group) is 1. The van der Waals surface area contributed by atoms with Crippen LogP contribution < -0.4 is 18.9 Å². The second kappa shape index (κ2) is 10.6. The Morgan fingerprint density at radius 3 is 1.42 bits per heavy atom. The van der Waals surface area contributed by atoms with Gasteiger partial charge in [-0.05, 0) is 37.4 Å². The van der Waals surface area contributed by atoms with Gasteiger partial charge < -0.3 is 18.9 Å². The molecule has 5 heteroatoms. The number of para-hydroxylation sites is 4. The van der Waals surface area contributed by atoms with Gasteiger partial charge in [0.2, 0.25) is 0 Å². The molecular formula is C21H29NO4. The lowest BCUT2D eigenvalue weighted by molar-refractivity contribution is 0.0966. The summed E-state index contributed by atoms with van der Waals surface area (Å²) in [5.74, 6) is 2.95. The van der Waals surface area contributed by atoms with Gasteiger partial charge in [0.25, 0.3) is 0 Å². The third kappa shape index (κ3) is 5.30. The molecule has 0 bridgehead atoms. The van der Waals surface area contributed by atoms with Crippen molar-refractivity contribution in [2.45, 2.75) is 19.9 Å². The molecule has 0 aliphatic heterocycles. The molecule has 5 nitrogen and oxygen atoms in total. The van der Waals surface area contributed by atoms with Crippen molar-refractivity contribution in [3.63, 3.8) is 0 Å². The van der Waals surface area contributed by atoms with Crippen LogP contribution in [0, 0.1) is 0 Å². The Kier molecular flexibility index (Phi) is 8.09. The average molecular weight is 359 g/mol. The Morgan fingerprint density at radius 1 is 0.692 bits per heavy atom. The van der Waals surface area contributed by atoms with Gasteiger partial charge in [0.05, 0.1) is 20.3 Å². The van der Waals surface area contributed by atoms with Crippen molar-refractivity contribution in [1.29, 1.82) is 0 Å². The standard InChI is InChI=1S/C21H29NO4/c1-5-22(6-2)17(15-25-20-13-9-7-11-18(20)23-3)16-26-21-14-10-8-12-19(21)24-4/h7-14,17H,5-6,15-16H2,1-4H3. The normalized spacial score (nSPS) is 10.8. The topological polar surface area (TPSA) is 40.2 Å². The molecule has 26 heavy (non-hydrogen) atoms. The van der Waals surface area contributed by atoms with E-state index >= 15 is 0 Å². The molecule has 0 aliphatic rings. The van der Waals surface area contributed by atoms with Gasteiger partial charge in [-0.1, -0.05) is 38.1 Å². The van der Waals surface area contributed by atoms with Crippen LogP contribution in [-0.4, -0.2) is 51.5 Å². The molecule has 0 unspecified atom stereocenters. The fraction of sp³-hybridized carbons (Fsp3) is 0.429. The van der Waals surface area contributed by atoms with Crippen LogP contribution in [0.4, 0.5) is 0 Å². The molecule has 0 saturated carbocycles. The van der Waals surface area contributed by atoms with Gasteiger partial charge in [-0.15, -0.1) is 0 Å². The fourth-order valence-corrected chi connectivity index (χ4v) is 2.85. The molecule has 0 aliphatic carbocycles. The van der Waals surface area contributed by atoms with Gasteiger partial charge in [-0.3, -0.25) is 4.90 Å². The maximum absolute atomic E-state index is 6.04. The SMILES string of the molecule is CCN(CC)C(COc1ccccc1OC)COc1ccccc1OC. The number of benzene rings is 2. The third-order valence-electron chi connectivity index (χ3n) is 4.33. The summed E-state index contributed by atoms with van der Waals surface area (Å²) in [6.45, 7) is 7.15. The Labute approximate surface area is 156 Å². The first-order valence-corrected chi connectivity index (χ1v) is 8.99. The average Bonchev–Trinajstić information content (AvgIpc) is 2.70. The van der Waals surface area contributed by atoms with Crippen LogP contribution in [0.2, 0.25) is 0 Å². The van der Waals surface area contributed by atoms with Crippen molar-refractivity contribution < 1.29 is 18.9 Å². The summed E-state index contributed by atoms with van der Waals surface area (Å²) in [5.41, 5.74) is 0. The van der Waals surface area contributed by atoms with E-state index in [2.05, 4.69) is 18.7 Å². The maximum Gasteiger partial charge on any atom is 0.161 e. The minimum absolute atomic E-state index is 0.111. The van der Waals surface area contributed by atoms with Gasteiger partial charge in [-0.25, -0.2) is 0 Å². The predicted molar refractivity (Wildman–Crippen MR) is 104 cm³/mol. The molecule has 0 fully saturated rings. The molecule has 0 radical (unpaired) electrons. The van der Waals surface area contributed by atoms with Crippen LogP contribution in [0.1, 0.15) is 13.8 Å². The second-order valence-corrected chi connectivity index (χ2v) is 5.80. The van der Waals surface area contributed by atoms with Crippen molar-refractivity contribution in [3.05, 3.63) is 48.5 Å². The fourth-order valence-electron chi connectivity index (χ4n) is 2.85. The largest absolute Gasteiger partial charge is 0.493 e. The number of rotatable bonds is 11. The van der Waals surface area contributed by atoms with Crippen LogP contribution in [0.5, 0.6) is 23.0 Å². The molecule has 2 rings (SSSR count). The summed E-state index contributed by atoms with van der Waals surface area (Å²) in [5, 5.41) is 0. The molecule has 2 aromatic rings. The summed E-state index contributed by atoms with van der Waals surface area (Å²) in [6.07, 6.45) is 0. The van der Waals surface area contributed by atoms with E-state index in [1.54, 1.807) is 14.2 Å². The molecule has 0 aromatic heterocycles. The monoisotopic (exact) mass is 359 g/mol.